The van der Waals surface area contributed by atoms with Crippen LogP contribution in [0.2, 0.25) is 0 Å². The Morgan fingerprint density at radius 3 is 2.62 bits per heavy atom. The number of methoxy groups -OCH3 is 1. The van der Waals surface area contributed by atoms with E-state index in [1.807, 2.05) is 13.8 Å². The average molecular weight is 360 g/mol. The lowest BCUT2D eigenvalue weighted by Crippen LogP contribution is -2.27. The molecular formula is C15H22BrNO4. The highest BCUT2D eigenvalue weighted by molar-refractivity contribution is 9.10. The van der Waals surface area contributed by atoms with Crippen molar-refractivity contribution >= 4 is 21.8 Å². The van der Waals surface area contributed by atoms with Gasteiger partial charge in [0.05, 0.1) is 24.3 Å². The zero-order chi connectivity index (χ0) is 15.7. The van der Waals surface area contributed by atoms with E-state index in [0.717, 1.165) is 6.42 Å². The van der Waals surface area contributed by atoms with Gasteiger partial charge in [-0.2, -0.15) is 0 Å². The maximum Gasteiger partial charge on any atom is 0.251 e. The molecule has 0 spiro atoms. The van der Waals surface area contributed by atoms with Crippen LogP contribution in [0.1, 0.15) is 30.6 Å². The van der Waals surface area contributed by atoms with Gasteiger partial charge in [0.15, 0.2) is 11.5 Å². The summed E-state index contributed by atoms with van der Waals surface area (Å²) in [5.74, 6) is 1.03. The van der Waals surface area contributed by atoms with E-state index in [-0.39, 0.29) is 5.91 Å². The Bertz CT molecular complexity index is 465. The quantitative estimate of drug-likeness (QED) is 0.688. The van der Waals surface area contributed by atoms with Crippen LogP contribution >= 0.6 is 15.9 Å². The molecule has 1 aromatic carbocycles. The summed E-state index contributed by atoms with van der Waals surface area (Å²) in [6, 6.07) is 3.43. The second kappa shape index (κ2) is 9.63. The lowest BCUT2D eigenvalue weighted by Gasteiger charge is -2.15. The van der Waals surface area contributed by atoms with Crippen molar-refractivity contribution in [3.63, 3.8) is 0 Å². The molecule has 21 heavy (non-hydrogen) atoms. The number of rotatable bonds is 9. The summed E-state index contributed by atoms with van der Waals surface area (Å²) in [5, 5.41) is 2.78. The summed E-state index contributed by atoms with van der Waals surface area (Å²) in [4.78, 5) is 12.1. The Morgan fingerprint density at radius 2 is 2.00 bits per heavy atom. The molecule has 118 valence electrons. The normalized spacial score (nSPS) is 10.3. The molecule has 0 aliphatic rings. The van der Waals surface area contributed by atoms with Crippen LogP contribution in [0.4, 0.5) is 0 Å². The smallest absolute Gasteiger partial charge is 0.251 e. The molecule has 6 heteroatoms. The second-order valence-electron chi connectivity index (χ2n) is 4.32. The minimum Gasteiger partial charge on any atom is -0.490 e. The molecule has 0 aliphatic carbocycles. The highest BCUT2D eigenvalue weighted by Crippen LogP contribution is 2.37. The Balaban J connectivity index is 2.94. The van der Waals surface area contributed by atoms with Crippen molar-refractivity contribution in [1.29, 1.82) is 0 Å². The Morgan fingerprint density at radius 1 is 1.24 bits per heavy atom. The molecule has 0 bridgehead atoms. The maximum atomic E-state index is 12.1. The lowest BCUT2D eigenvalue weighted by atomic mass is 10.2. The first-order valence-corrected chi connectivity index (χ1v) is 7.79. The van der Waals surface area contributed by atoms with Gasteiger partial charge >= 0.3 is 0 Å². The maximum absolute atomic E-state index is 12.1. The lowest BCUT2D eigenvalue weighted by molar-refractivity contribution is 0.0936. The van der Waals surface area contributed by atoms with Gasteiger partial charge in [-0.15, -0.1) is 0 Å². The molecule has 0 saturated heterocycles. The summed E-state index contributed by atoms with van der Waals surface area (Å²) in [7, 11) is 1.59. The molecule has 1 N–H and O–H groups in total. The van der Waals surface area contributed by atoms with Gasteiger partial charge in [-0.05, 0) is 41.4 Å². The molecule has 0 heterocycles. The van der Waals surface area contributed by atoms with E-state index in [1.54, 1.807) is 19.2 Å². The van der Waals surface area contributed by atoms with Gasteiger partial charge in [0.25, 0.3) is 5.91 Å². The van der Waals surface area contributed by atoms with Gasteiger partial charge < -0.3 is 19.5 Å². The topological polar surface area (TPSA) is 56.8 Å². The third-order valence-corrected chi connectivity index (χ3v) is 3.20. The molecule has 1 amide bonds. The standard InChI is InChI=1S/C15H22BrNO4/c1-4-7-21-14-12(16)9-11(10-13(14)20-5-2)15(18)17-6-8-19-3/h9-10H,4-8H2,1-3H3,(H,17,18). The average Bonchev–Trinajstić information content (AvgIpc) is 2.46. The van der Waals surface area contributed by atoms with Crippen LogP contribution in [0.15, 0.2) is 16.6 Å². The predicted octanol–water partition coefficient (Wildman–Crippen LogP) is 3.01. The summed E-state index contributed by atoms with van der Waals surface area (Å²) >= 11 is 3.44. The van der Waals surface area contributed by atoms with Gasteiger partial charge in [0, 0.05) is 19.2 Å². The number of carbonyl (C=O) groups is 1. The number of ether oxygens (including phenoxy) is 3. The molecule has 0 aromatic heterocycles. The number of hydrogen-bond acceptors (Lipinski definition) is 4. The molecular weight excluding hydrogens is 338 g/mol. The highest BCUT2D eigenvalue weighted by Gasteiger charge is 2.15. The van der Waals surface area contributed by atoms with Crippen LogP contribution in [-0.4, -0.2) is 39.4 Å². The SMILES string of the molecule is CCCOc1c(Br)cc(C(=O)NCCOC)cc1OCC. The van der Waals surface area contributed by atoms with Crippen LogP contribution in [0.5, 0.6) is 11.5 Å². The number of halogens is 1. The van der Waals surface area contributed by atoms with Crippen molar-refractivity contribution in [1.82, 2.24) is 5.32 Å². The Kier molecular flexibility index (Phi) is 8.15. The van der Waals surface area contributed by atoms with E-state index in [9.17, 15) is 4.79 Å². The van der Waals surface area contributed by atoms with Gasteiger partial charge in [0.1, 0.15) is 0 Å². The van der Waals surface area contributed by atoms with E-state index >= 15 is 0 Å². The van der Waals surface area contributed by atoms with Gasteiger partial charge in [-0.1, -0.05) is 6.92 Å². The van der Waals surface area contributed by atoms with E-state index in [2.05, 4.69) is 21.2 Å². The molecule has 0 aliphatic heterocycles. The zero-order valence-corrected chi connectivity index (χ0v) is 14.3. The molecule has 0 atom stereocenters. The number of nitrogens with one attached hydrogen (secondary N) is 1. The first-order valence-electron chi connectivity index (χ1n) is 7.00. The van der Waals surface area contributed by atoms with Crippen molar-refractivity contribution < 1.29 is 19.0 Å². The van der Waals surface area contributed by atoms with Crippen LogP contribution in [-0.2, 0) is 4.74 Å². The first-order chi connectivity index (χ1) is 10.1. The van der Waals surface area contributed by atoms with Crippen LogP contribution in [0.3, 0.4) is 0 Å². The molecule has 0 radical (unpaired) electrons. The van der Waals surface area contributed by atoms with E-state index in [0.29, 0.717) is 47.9 Å². The molecule has 0 fully saturated rings. The largest absolute Gasteiger partial charge is 0.490 e. The number of hydrogen-bond donors (Lipinski definition) is 1. The van der Waals surface area contributed by atoms with Crippen molar-refractivity contribution in [2.45, 2.75) is 20.3 Å². The Hall–Kier alpha value is -1.27. The number of amides is 1. The van der Waals surface area contributed by atoms with Crippen molar-refractivity contribution in [3.05, 3.63) is 22.2 Å². The van der Waals surface area contributed by atoms with Crippen molar-refractivity contribution in [3.8, 4) is 11.5 Å². The summed E-state index contributed by atoms with van der Waals surface area (Å²) < 4.78 is 16.9. The molecule has 5 nitrogen and oxygen atoms in total. The third kappa shape index (κ3) is 5.55. The molecule has 1 rings (SSSR count). The number of carbonyl (C=O) groups excluding carboxylic acids is 1. The molecule has 0 unspecified atom stereocenters. The van der Waals surface area contributed by atoms with Gasteiger partial charge in [-0.3, -0.25) is 4.79 Å². The molecule has 0 saturated carbocycles. The third-order valence-electron chi connectivity index (χ3n) is 2.61. The van der Waals surface area contributed by atoms with Crippen LogP contribution in [0, 0.1) is 0 Å². The van der Waals surface area contributed by atoms with E-state index in [1.165, 1.54) is 0 Å². The van der Waals surface area contributed by atoms with E-state index in [4.69, 9.17) is 14.2 Å². The van der Waals surface area contributed by atoms with Crippen LogP contribution < -0.4 is 14.8 Å². The first kappa shape index (κ1) is 17.8. The van der Waals surface area contributed by atoms with Crippen molar-refractivity contribution in [2.75, 3.05) is 33.5 Å². The fraction of sp³-hybridized carbons (Fsp3) is 0.533. The second-order valence-corrected chi connectivity index (χ2v) is 5.17. The predicted molar refractivity (Wildman–Crippen MR) is 85.3 cm³/mol. The fourth-order valence-electron chi connectivity index (χ4n) is 1.67. The summed E-state index contributed by atoms with van der Waals surface area (Å²) in [5.41, 5.74) is 0.519. The summed E-state index contributed by atoms with van der Waals surface area (Å²) in [6.07, 6.45) is 0.900. The minimum atomic E-state index is -0.171. The number of benzene rings is 1. The minimum absolute atomic E-state index is 0.171. The Labute approximate surface area is 134 Å². The monoisotopic (exact) mass is 359 g/mol. The van der Waals surface area contributed by atoms with Gasteiger partial charge in [0.2, 0.25) is 0 Å². The molecule has 1 aromatic rings. The zero-order valence-electron chi connectivity index (χ0n) is 12.7. The van der Waals surface area contributed by atoms with Crippen molar-refractivity contribution in [2.24, 2.45) is 0 Å². The summed E-state index contributed by atoms with van der Waals surface area (Å²) in [6.45, 7) is 5.96. The van der Waals surface area contributed by atoms with Gasteiger partial charge in [-0.25, -0.2) is 0 Å². The fourth-order valence-corrected chi connectivity index (χ4v) is 2.23. The van der Waals surface area contributed by atoms with Crippen LogP contribution in [0.25, 0.3) is 0 Å². The van der Waals surface area contributed by atoms with E-state index < -0.39 is 0 Å². The highest BCUT2D eigenvalue weighted by atomic mass is 79.9.